The van der Waals surface area contributed by atoms with Gasteiger partial charge in [0, 0.05) is 11.6 Å². The zero-order valence-corrected chi connectivity index (χ0v) is 9.06. The third-order valence-electron chi connectivity index (χ3n) is 2.65. The number of rotatable bonds is 1. The highest BCUT2D eigenvalue weighted by molar-refractivity contribution is 6.30. The molecule has 0 radical (unpaired) electrons. The first-order chi connectivity index (χ1) is 6.68. The van der Waals surface area contributed by atoms with E-state index in [2.05, 4.69) is 31.0 Å². The van der Waals surface area contributed by atoms with Gasteiger partial charge in [-0.2, -0.15) is 0 Å². The van der Waals surface area contributed by atoms with E-state index in [1.807, 2.05) is 6.07 Å². The maximum absolute atomic E-state index is 5.96. The summed E-state index contributed by atoms with van der Waals surface area (Å²) in [5.74, 6) is 0. The Morgan fingerprint density at radius 3 is 3.07 bits per heavy atom. The second-order valence-corrected chi connectivity index (χ2v) is 4.26. The molecule has 1 atom stereocenters. The molecule has 1 nitrogen and oxygen atoms in total. The first-order valence-electron chi connectivity index (χ1n) is 4.85. The molecule has 1 heterocycles. The van der Waals surface area contributed by atoms with Crippen molar-refractivity contribution in [2.24, 2.45) is 0 Å². The van der Waals surface area contributed by atoms with Crippen LogP contribution in [0.25, 0.3) is 0 Å². The SMILES string of the molecule is C=C(C)C1NCCc2cc(Cl)ccc21. The van der Waals surface area contributed by atoms with Crippen molar-refractivity contribution in [1.82, 2.24) is 5.32 Å². The Bertz CT molecular complexity index is 371. The average Bonchev–Trinajstić information content (AvgIpc) is 2.16. The molecule has 0 aliphatic carbocycles. The summed E-state index contributed by atoms with van der Waals surface area (Å²) in [6, 6.07) is 6.41. The van der Waals surface area contributed by atoms with Crippen molar-refractivity contribution in [2.75, 3.05) is 6.54 Å². The zero-order chi connectivity index (χ0) is 10.1. The molecule has 0 bridgehead atoms. The number of nitrogens with one attached hydrogen (secondary N) is 1. The molecule has 74 valence electrons. The van der Waals surface area contributed by atoms with Crippen LogP contribution in [0.3, 0.4) is 0 Å². The van der Waals surface area contributed by atoms with Gasteiger partial charge in [0.25, 0.3) is 0 Å². The van der Waals surface area contributed by atoms with Gasteiger partial charge in [0.15, 0.2) is 0 Å². The van der Waals surface area contributed by atoms with Gasteiger partial charge in [0.2, 0.25) is 0 Å². The van der Waals surface area contributed by atoms with E-state index in [1.165, 1.54) is 11.1 Å². The lowest BCUT2D eigenvalue weighted by molar-refractivity contribution is 0.561. The van der Waals surface area contributed by atoms with Crippen LogP contribution in [0.4, 0.5) is 0 Å². The van der Waals surface area contributed by atoms with Crippen LogP contribution in [-0.4, -0.2) is 6.54 Å². The smallest absolute Gasteiger partial charge is 0.0533 e. The minimum atomic E-state index is 0.302. The molecule has 1 aromatic carbocycles. The van der Waals surface area contributed by atoms with Gasteiger partial charge in [-0.05, 0) is 36.6 Å². The van der Waals surface area contributed by atoms with Crippen LogP contribution in [-0.2, 0) is 6.42 Å². The fourth-order valence-electron chi connectivity index (χ4n) is 1.97. The summed E-state index contributed by atoms with van der Waals surface area (Å²) in [6.07, 6.45) is 1.06. The van der Waals surface area contributed by atoms with E-state index in [1.54, 1.807) is 0 Å². The van der Waals surface area contributed by atoms with E-state index in [9.17, 15) is 0 Å². The lowest BCUT2D eigenvalue weighted by Crippen LogP contribution is -2.30. The van der Waals surface area contributed by atoms with Crippen LogP contribution in [0.5, 0.6) is 0 Å². The summed E-state index contributed by atoms with van der Waals surface area (Å²) in [7, 11) is 0. The van der Waals surface area contributed by atoms with Gasteiger partial charge in [0.1, 0.15) is 0 Å². The first-order valence-corrected chi connectivity index (χ1v) is 5.23. The number of fused-ring (bicyclic) bond motifs is 1. The monoisotopic (exact) mass is 207 g/mol. The summed E-state index contributed by atoms with van der Waals surface area (Å²) in [4.78, 5) is 0. The molecule has 14 heavy (non-hydrogen) atoms. The topological polar surface area (TPSA) is 12.0 Å². The summed E-state index contributed by atoms with van der Waals surface area (Å²) < 4.78 is 0. The van der Waals surface area contributed by atoms with Gasteiger partial charge in [-0.15, -0.1) is 0 Å². The Morgan fingerprint density at radius 1 is 1.57 bits per heavy atom. The highest BCUT2D eigenvalue weighted by atomic mass is 35.5. The Hall–Kier alpha value is -0.790. The number of hydrogen-bond donors (Lipinski definition) is 1. The largest absolute Gasteiger partial charge is 0.306 e. The molecule has 1 aliphatic rings. The van der Waals surface area contributed by atoms with Crippen LogP contribution in [0.15, 0.2) is 30.4 Å². The Labute approximate surface area is 89.8 Å². The van der Waals surface area contributed by atoms with E-state index < -0.39 is 0 Å². The number of hydrogen-bond acceptors (Lipinski definition) is 1. The molecule has 2 rings (SSSR count). The summed E-state index contributed by atoms with van der Waals surface area (Å²) in [6.45, 7) is 7.07. The fraction of sp³-hybridized carbons (Fsp3) is 0.333. The third-order valence-corrected chi connectivity index (χ3v) is 2.89. The zero-order valence-electron chi connectivity index (χ0n) is 8.31. The molecule has 1 aliphatic heterocycles. The van der Waals surface area contributed by atoms with Crippen LogP contribution in [0, 0.1) is 0 Å². The lowest BCUT2D eigenvalue weighted by Gasteiger charge is -2.27. The Balaban J connectivity index is 2.44. The fourth-order valence-corrected chi connectivity index (χ4v) is 2.17. The summed E-state index contributed by atoms with van der Waals surface area (Å²) in [5, 5.41) is 4.28. The predicted octanol–water partition coefficient (Wildman–Crippen LogP) is 3.10. The Morgan fingerprint density at radius 2 is 2.36 bits per heavy atom. The highest BCUT2D eigenvalue weighted by Gasteiger charge is 2.19. The van der Waals surface area contributed by atoms with E-state index >= 15 is 0 Å². The normalized spacial score (nSPS) is 20.3. The molecule has 0 saturated carbocycles. The molecule has 0 fully saturated rings. The van der Waals surface area contributed by atoms with E-state index in [0.717, 1.165) is 23.6 Å². The van der Waals surface area contributed by atoms with E-state index in [0.29, 0.717) is 6.04 Å². The molecular formula is C12H14ClN. The van der Waals surface area contributed by atoms with E-state index in [4.69, 9.17) is 11.6 Å². The molecule has 2 heteroatoms. The summed E-state index contributed by atoms with van der Waals surface area (Å²) in [5.41, 5.74) is 3.84. The predicted molar refractivity (Wildman–Crippen MR) is 60.7 cm³/mol. The van der Waals surface area contributed by atoms with Gasteiger partial charge in [-0.3, -0.25) is 0 Å². The van der Waals surface area contributed by atoms with Gasteiger partial charge in [-0.1, -0.05) is 29.8 Å². The quantitative estimate of drug-likeness (QED) is 0.698. The van der Waals surface area contributed by atoms with Gasteiger partial charge >= 0.3 is 0 Å². The van der Waals surface area contributed by atoms with Crippen molar-refractivity contribution in [3.05, 3.63) is 46.5 Å². The second-order valence-electron chi connectivity index (χ2n) is 3.83. The minimum absolute atomic E-state index is 0.302. The third kappa shape index (κ3) is 1.70. The summed E-state index contributed by atoms with van der Waals surface area (Å²) >= 11 is 5.96. The van der Waals surface area contributed by atoms with Crippen LogP contribution < -0.4 is 5.32 Å². The standard InChI is InChI=1S/C12H14ClN/c1-8(2)12-11-4-3-10(13)7-9(11)5-6-14-12/h3-4,7,12,14H,1,5-6H2,2H3. The van der Waals surface area contributed by atoms with Gasteiger partial charge in [-0.25, -0.2) is 0 Å². The second kappa shape index (κ2) is 3.76. The van der Waals surface area contributed by atoms with Crippen molar-refractivity contribution >= 4 is 11.6 Å². The maximum atomic E-state index is 5.96. The van der Waals surface area contributed by atoms with Crippen LogP contribution in [0.1, 0.15) is 24.1 Å². The molecular weight excluding hydrogens is 194 g/mol. The average molecular weight is 208 g/mol. The molecule has 1 unspecified atom stereocenters. The minimum Gasteiger partial charge on any atom is -0.306 e. The van der Waals surface area contributed by atoms with Crippen molar-refractivity contribution < 1.29 is 0 Å². The lowest BCUT2D eigenvalue weighted by atomic mass is 9.91. The molecule has 0 aromatic heterocycles. The van der Waals surface area contributed by atoms with Crippen LogP contribution >= 0.6 is 11.6 Å². The first kappa shape index (κ1) is 9.75. The highest BCUT2D eigenvalue weighted by Crippen LogP contribution is 2.29. The van der Waals surface area contributed by atoms with Crippen molar-refractivity contribution in [2.45, 2.75) is 19.4 Å². The van der Waals surface area contributed by atoms with Crippen LogP contribution in [0.2, 0.25) is 5.02 Å². The number of benzene rings is 1. The van der Waals surface area contributed by atoms with Crippen molar-refractivity contribution in [3.8, 4) is 0 Å². The Kier molecular flexibility index (Phi) is 2.62. The maximum Gasteiger partial charge on any atom is 0.0533 e. The number of halogens is 1. The molecule has 0 amide bonds. The van der Waals surface area contributed by atoms with Crippen molar-refractivity contribution in [1.29, 1.82) is 0 Å². The van der Waals surface area contributed by atoms with Gasteiger partial charge < -0.3 is 5.32 Å². The molecule has 1 N–H and O–H groups in total. The van der Waals surface area contributed by atoms with E-state index in [-0.39, 0.29) is 0 Å². The molecule has 0 spiro atoms. The molecule has 1 aromatic rings. The van der Waals surface area contributed by atoms with Gasteiger partial charge in [0.05, 0.1) is 6.04 Å². The molecule has 0 saturated heterocycles. The van der Waals surface area contributed by atoms with Crippen molar-refractivity contribution in [3.63, 3.8) is 0 Å².